The molecule has 0 saturated carbocycles. The van der Waals surface area contributed by atoms with Crippen molar-refractivity contribution in [1.82, 2.24) is 4.90 Å². The van der Waals surface area contributed by atoms with Crippen molar-refractivity contribution in [2.24, 2.45) is 0 Å². The Kier molecular flexibility index (Phi) is 6.14. The summed E-state index contributed by atoms with van der Waals surface area (Å²) in [6.07, 6.45) is 1.96. The summed E-state index contributed by atoms with van der Waals surface area (Å²) in [7, 11) is 0. The third kappa shape index (κ3) is 5.73. The smallest absolute Gasteiger partial charge is 0.305 e. The van der Waals surface area contributed by atoms with Crippen molar-refractivity contribution >= 4 is 21.9 Å². The monoisotopic (exact) mass is 359 g/mol. The van der Waals surface area contributed by atoms with E-state index in [4.69, 9.17) is 9.84 Å². The highest BCUT2D eigenvalue weighted by Gasteiger charge is 2.20. The minimum Gasteiger partial charge on any atom is -0.481 e. The quantitative estimate of drug-likeness (QED) is 0.847. The van der Waals surface area contributed by atoms with E-state index in [1.165, 1.54) is 6.07 Å². The van der Waals surface area contributed by atoms with Crippen LogP contribution in [0.25, 0.3) is 0 Å². The van der Waals surface area contributed by atoms with Crippen LogP contribution in [0.2, 0.25) is 0 Å². The van der Waals surface area contributed by atoms with E-state index in [-0.39, 0.29) is 24.9 Å². The lowest BCUT2D eigenvalue weighted by atomic mass is 10.1. The predicted octanol–water partition coefficient (Wildman–Crippen LogP) is 3.04. The Hall–Kier alpha value is -0.980. The first kappa shape index (κ1) is 16.4. The van der Waals surface area contributed by atoms with E-state index in [2.05, 4.69) is 20.8 Å². The van der Waals surface area contributed by atoms with Crippen molar-refractivity contribution in [3.8, 4) is 0 Å². The van der Waals surface area contributed by atoms with Crippen molar-refractivity contribution in [3.05, 3.63) is 34.1 Å². The number of aliphatic carboxylic acids is 1. The van der Waals surface area contributed by atoms with Gasteiger partial charge in [-0.3, -0.25) is 9.69 Å². The fourth-order valence-corrected chi connectivity index (χ4v) is 3.02. The average molecular weight is 360 g/mol. The van der Waals surface area contributed by atoms with Gasteiger partial charge in [0.1, 0.15) is 5.82 Å². The van der Waals surface area contributed by atoms with E-state index in [9.17, 15) is 9.18 Å². The zero-order valence-corrected chi connectivity index (χ0v) is 13.3. The minimum atomic E-state index is -0.830. The number of nitrogens with zero attached hydrogens (tertiary/aromatic N) is 1. The summed E-state index contributed by atoms with van der Waals surface area (Å²) in [6, 6.07) is 4.94. The highest BCUT2D eigenvalue weighted by Crippen LogP contribution is 2.19. The maximum absolute atomic E-state index is 13.3. The first-order chi connectivity index (χ1) is 10.0. The van der Waals surface area contributed by atoms with Gasteiger partial charge in [-0.1, -0.05) is 15.9 Å². The minimum absolute atomic E-state index is 0.0531. The van der Waals surface area contributed by atoms with Crippen LogP contribution in [0.5, 0.6) is 0 Å². The second-order valence-electron chi connectivity index (χ2n) is 5.27. The molecule has 6 heteroatoms. The summed E-state index contributed by atoms with van der Waals surface area (Å²) in [5.74, 6) is -1.06. The number of carbonyl (C=O) groups is 1. The summed E-state index contributed by atoms with van der Waals surface area (Å²) >= 11 is 3.30. The molecule has 1 aliphatic heterocycles. The Labute approximate surface area is 132 Å². The van der Waals surface area contributed by atoms with Crippen LogP contribution >= 0.6 is 15.9 Å². The van der Waals surface area contributed by atoms with Crippen molar-refractivity contribution in [3.63, 3.8) is 0 Å². The second-order valence-corrected chi connectivity index (χ2v) is 6.18. The molecular weight excluding hydrogens is 341 g/mol. The van der Waals surface area contributed by atoms with E-state index in [0.717, 1.165) is 42.5 Å². The molecule has 0 unspecified atom stereocenters. The van der Waals surface area contributed by atoms with Crippen LogP contribution in [-0.4, -0.2) is 41.8 Å². The number of piperidine rings is 1. The predicted molar refractivity (Wildman–Crippen MR) is 80.6 cm³/mol. The number of hydrogen-bond donors (Lipinski definition) is 1. The van der Waals surface area contributed by atoms with Gasteiger partial charge in [0.2, 0.25) is 0 Å². The van der Waals surface area contributed by atoms with Gasteiger partial charge in [0.25, 0.3) is 0 Å². The highest BCUT2D eigenvalue weighted by atomic mass is 79.9. The van der Waals surface area contributed by atoms with E-state index in [1.54, 1.807) is 6.07 Å². The number of halogens is 2. The van der Waals surface area contributed by atoms with Crippen molar-refractivity contribution in [2.45, 2.75) is 31.9 Å². The zero-order valence-electron chi connectivity index (χ0n) is 11.7. The molecular formula is C15H19BrFNO3. The molecule has 4 nitrogen and oxygen atoms in total. The summed E-state index contributed by atoms with van der Waals surface area (Å²) < 4.78 is 19.6. The Morgan fingerprint density at radius 2 is 2.10 bits per heavy atom. The second kappa shape index (κ2) is 7.87. The van der Waals surface area contributed by atoms with Crippen LogP contribution in [-0.2, 0) is 16.1 Å². The third-order valence-electron chi connectivity index (χ3n) is 3.53. The number of carboxylic acid groups (broad SMARTS) is 1. The van der Waals surface area contributed by atoms with Crippen LogP contribution < -0.4 is 0 Å². The Bertz CT molecular complexity index is 470. The molecule has 0 radical (unpaired) electrons. The SMILES string of the molecule is O=C(O)CCOC1CCN(Cc2cc(F)cc(Br)c2)CC1. The lowest BCUT2D eigenvalue weighted by molar-refractivity contribution is -0.138. The number of hydrogen-bond acceptors (Lipinski definition) is 3. The average Bonchev–Trinajstić information content (AvgIpc) is 2.39. The van der Waals surface area contributed by atoms with Crippen LogP contribution in [0.4, 0.5) is 4.39 Å². The first-order valence-electron chi connectivity index (χ1n) is 7.03. The zero-order chi connectivity index (χ0) is 15.2. The number of benzene rings is 1. The lowest BCUT2D eigenvalue weighted by Gasteiger charge is -2.31. The fourth-order valence-electron chi connectivity index (χ4n) is 2.51. The van der Waals surface area contributed by atoms with Gasteiger partial charge in [0.05, 0.1) is 19.1 Å². The summed E-state index contributed by atoms with van der Waals surface area (Å²) in [5.41, 5.74) is 0.951. The normalized spacial score (nSPS) is 17.0. The standard InChI is InChI=1S/C15H19BrFNO3/c16-12-7-11(8-13(17)9-12)10-18-4-1-14(2-5-18)21-6-3-15(19)20/h7-9,14H,1-6,10H2,(H,19,20). The molecule has 0 atom stereocenters. The van der Waals surface area contributed by atoms with Crippen LogP contribution in [0.1, 0.15) is 24.8 Å². The molecule has 1 saturated heterocycles. The van der Waals surface area contributed by atoms with Gasteiger partial charge in [-0.2, -0.15) is 0 Å². The van der Waals surface area contributed by atoms with E-state index in [1.807, 2.05) is 6.07 Å². The summed E-state index contributed by atoms with van der Waals surface area (Å²) in [4.78, 5) is 12.7. The van der Waals surface area contributed by atoms with E-state index >= 15 is 0 Å². The molecule has 0 spiro atoms. The van der Waals surface area contributed by atoms with E-state index < -0.39 is 5.97 Å². The Balaban J connectivity index is 1.75. The molecule has 1 N–H and O–H groups in total. The molecule has 116 valence electrons. The molecule has 1 fully saturated rings. The maximum Gasteiger partial charge on any atom is 0.305 e. The molecule has 2 rings (SSSR count). The third-order valence-corrected chi connectivity index (χ3v) is 3.99. The van der Waals surface area contributed by atoms with Crippen LogP contribution in [0, 0.1) is 5.82 Å². The lowest BCUT2D eigenvalue weighted by Crippen LogP contribution is -2.36. The maximum atomic E-state index is 13.3. The highest BCUT2D eigenvalue weighted by molar-refractivity contribution is 9.10. The molecule has 1 aromatic carbocycles. The molecule has 1 aromatic rings. The molecule has 0 aliphatic carbocycles. The number of likely N-dealkylation sites (tertiary alicyclic amines) is 1. The molecule has 21 heavy (non-hydrogen) atoms. The van der Waals surface area contributed by atoms with E-state index in [0.29, 0.717) is 0 Å². The van der Waals surface area contributed by atoms with Gasteiger partial charge in [-0.15, -0.1) is 0 Å². The Morgan fingerprint density at radius 1 is 1.38 bits per heavy atom. The van der Waals surface area contributed by atoms with Gasteiger partial charge in [-0.25, -0.2) is 4.39 Å². The van der Waals surface area contributed by atoms with Gasteiger partial charge < -0.3 is 9.84 Å². The van der Waals surface area contributed by atoms with Gasteiger partial charge in [0.15, 0.2) is 0 Å². The van der Waals surface area contributed by atoms with Crippen molar-refractivity contribution < 1.29 is 19.0 Å². The number of rotatable bonds is 6. The molecule has 0 amide bonds. The van der Waals surface area contributed by atoms with Crippen molar-refractivity contribution in [2.75, 3.05) is 19.7 Å². The van der Waals surface area contributed by atoms with Gasteiger partial charge in [-0.05, 0) is 36.6 Å². The topological polar surface area (TPSA) is 49.8 Å². The first-order valence-corrected chi connectivity index (χ1v) is 7.83. The van der Waals surface area contributed by atoms with Crippen LogP contribution in [0.3, 0.4) is 0 Å². The largest absolute Gasteiger partial charge is 0.481 e. The summed E-state index contributed by atoms with van der Waals surface area (Å²) in [5, 5.41) is 8.57. The summed E-state index contributed by atoms with van der Waals surface area (Å²) in [6.45, 7) is 2.76. The Morgan fingerprint density at radius 3 is 2.71 bits per heavy atom. The molecule has 0 bridgehead atoms. The van der Waals surface area contributed by atoms with Gasteiger partial charge in [0, 0.05) is 24.1 Å². The van der Waals surface area contributed by atoms with Gasteiger partial charge >= 0.3 is 5.97 Å². The molecule has 0 aromatic heterocycles. The van der Waals surface area contributed by atoms with Crippen LogP contribution in [0.15, 0.2) is 22.7 Å². The number of ether oxygens (including phenoxy) is 1. The fraction of sp³-hybridized carbons (Fsp3) is 0.533. The van der Waals surface area contributed by atoms with Crippen molar-refractivity contribution in [1.29, 1.82) is 0 Å². The molecule has 1 aliphatic rings. The molecule has 1 heterocycles. The number of carboxylic acids is 1.